The Balaban J connectivity index is 1.31. The first kappa shape index (κ1) is 22.1. The van der Waals surface area contributed by atoms with Gasteiger partial charge in [-0.15, -0.1) is 0 Å². The second-order valence-electron chi connectivity index (χ2n) is 8.93. The average molecular weight is 442 g/mol. The van der Waals surface area contributed by atoms with Gasteiger partial charge in [0.1, 0.15) is 5.75 Å². The van der Waals surface area contributed by atoms with E-state index in [1.165, 1.54) is 11.2 Å². The molecule has 31 heavy (non-hydrogen) atoms. The lowest BCUT2D eigenvalue weighted by molar-refractivity contribution is -0.138. The highest BCUT2D eigenvalue weighted by atomic mass is 35.5. The average Bonchev–Trinajstić information content (AvgIpc) is 3.40. The summed E-state index contributed by atoms with van der Waals surface area (Å²) in [5.41, 5.74) is 3.64. The minimum Gasteiger partial charge on any atom is -0.492 e. The number of hydrogen-bond donors (Lipinski definition) is 1. The van der Waals surface area contributed by atoms with Crippen LogP contribution in [0.5, 0.6) is 5.75 Å². The number of aliphatic imine (C=N–C) groups is 1. The lowest BCUT2D eigenvalue weighted by atomic mass is 9.74. The van der Waals surface area contributed by atoms with Gasteiger partial charge in [-0.2, -0.15) is 0 Å². The standard InChI is InChI=1S/C25H32ClN3O2/c1-2-6-20(28-18-26)8-5-7-19-15-27-16-21(19)24(30)29-13-11-25(12-14-29)17-31-23-10-4-3-9-22(23)25/h2-4,6,9-10,18-19,21,27H,1,5,7-8,11-17H2/b20-6-,28-18?/t19-,21+/m0/s1. The molecule has 1 aromatic rings. The summed E-state index contributed by atoms with van der Waals surface area (Å²) in [6, 6.07) is 8.38. The first-order chi connectivity index (χ1) is 15.2. The summed E-state index contributed by atoms with van der Waals surface area (Å²) in [4.78, 5) is 19.6. The third-order valence-electron chi connectivity index (χ3n) is 7.18. The van der Waals surface area contributed by atoms with Crippen LogP contribution < -0.4 is 10.1 Å². The number of hydrogen-bond acceptors (Lipinski definition) is 4. The van der Waals surface area contributed by atoms with Crippen LogP contribution in [0.1, 0.15) is 37.7 Å². The molecule has 3 heterocycles. The Kier molecular flexibility index (Phi) is 7.13. The second kappa shape index (κ2) is 10.0. The third-order valence-corrected chi connectivity index (χ3v) is 7.28. The van der Waals surface area contributed by atoms with E-state index in [0.29, 0.717) is 11.8 Å². The Bertz CT molecular complexity index is 858. The number of rotatable bonds is 7. The number of benzene rings is 1. The van der Waals surface area contributed by atoms with Crippen molar-refractivity contribution in [2.24, 2.45) is 16.8 Å². The van der Waals surface area contributed by atoms with Crippen molar-refractivity contribution in [1.82, 2.24) is 10.2 Å². The summed E-state index contributed by atoms with van der Waals surface area (Å²) < 4.78 is 5.96. The summed E-state index contributed by atoms with van der Waals surface area (Å²) in [5, 5.41) is 3.44. The molecule has 0 bridgehead atoms. The highest BCUT2D eigenvalue weighted by Gasteiger charge is 2.45. The smallest absolute Gasteiger partial charge is 0.227 e. The molecule has 1 spiro atoms. The highest BCUT2D eigenvalue weighted by molar-refractivity contribution is 6.56. The van der Waals surface area contributed by atoms with Crippen molar-refractivity contribution >= 4 is 23.2 Å². The van der Waals surface area contributed by atoms with Gasteiger partial charge in [0.2, 0.25) is 5.91 Å². The molecule has 1 N–H and O–H groups in total. The Morgan fingerprint density at radius 3 is 2.90 bits per heavy atom. The third kappa shape index (κ3) is 4.73. The van der Waals surface area contributed by atoms with Gasteiger partial charge in [0, 0.05) is 36.3 Å². The maximum atomic E-state index is 13.4. The predicted molar refractivity (Wildman–Crippen MR) is 126 cm³/mol. The fourth-order valence-electron chi connectivity index (χ4n) is 5.39. The van der Waals surface area contributed by atoms with Crippen molar-refractivity contribution in [2.45, 2.75) is 37.5 Å². The van der Waals surface area contributed by atoms with Crippen LogP contribution in [-0.2, 0) is 10.2 Å². The van der Waals surface area contributed by atoms with E-state index in [0.717, 1.165) is 76.3 Å². The molecule has 4 rings (SSSR count). The molecule has 3 aliphatic rings. The molecule has 0 unspecified atom stereocenters. The van der Waals surface area contributed by atoms with E-state index in [1.807, 2.05) is 12.1 Å². The zero-order valence-electron chi connectivity index (χ0n) is 18.1. The molecule has 2 saturated heterocycles. The molecule has 5 nitrogen and oxygen atoms in total. The molecule has 2 fully saturated rings. The maximum absolute atomic E-state index is 13.4. The number of nitrogens with one attached hydrogen (secondary N) is 1. The molecule has 2 atom stereocenters. The fraction of sp³-hybridized carbons (Fsp3) is 0.520. The molecule has 3 aliphatic heterocycles. The van der Waals surface area contributed by atoms with Crippen molar-refractivity contribution in [2.75, 3.05) is 32.8 Å². The van der Waals surface area contributed by atoms with E-state index < -0.39 is 0 Å². The summed E-state index contributed by atoms with van der Waals surface area (Å²) in [6.07, 6.45) is 8.43. The minimum atomic E-state index is 0.0736. The van der Waals surface area contributed by atoms with Crippen LogP contribution in [0, 0.1) is 11.8 Å². The van der Waals surface area contributed by atoms with Gasteiger partial charge in [0.25, 0.3) is 0 Å². The number of piperidine rings is 1. The summed E-state index contributed by atoms with van der Waals surface area (Å²) in [7, 11) is 0. The molecule has 0 saturated carbocycles. The van der Waals surface area contributed by atoms with Crippen molar-refractivity contribution in [3.05, 3.63) is 54.3 Å². The van der Waals surface area contributed by atoms with Gasteiger partial charge >= 0.3 is 0 Å². The van der Waals surface area contributed by atoms with Gasteiger partial charge in [-0.05, 0) is 56.7 Å². The molecular weight excluding hydrogens is 410 g/mol. The van der Waals surface area contributed by atoms with Gasteiger partial charge in [-0.1, -0.05) is 42.5 Å². The zero-order valence-corrected chi connectivity index (χ0v) is 18.8. The SMILES string of the molecule is C=C/C=C(/CCC[C@H]1CNC[C@H]1C(=O)N1CCC2(CC1)COc1ccccc12)N=CCl. The van der Waals surface area contributed by atoms with Gasteiger partial charge < -0.3 is 15.0 Å². The van der Waals surface area contributed by atoms with E-state index >= 15 is 0 Å². The lowest BCUT2D eigenvalue weighted by Gasteiger charge is -2.40. The number of para-hydroxylation sites is 1. The van der Waals surface area contributed by atoms with E-state index in [1.54, 1.807) is 6.08 Å². The number of allylic oxidation sites excluding steroid dienone is 3. The lowest BCUT2D eigenvalue weighted by Crippen LogP contribution is -2.48. The van der Waals surface area contributed by atoms with Gasteiger partial charge in [0.15, 0.2) is 0 Å². The number of amides is 1. The van der Waals surface area contributed by atoms with Crippen molar-refractivity contribution in [3.8, 4) is 5.75 Å². The van der Waals surface area contributed by atoms with Crippen molar-refractivity contribution < 1.29 is 9.53 Å². The van der Waals surface area contributed by atoms with Crippen LogP contribution in [0.25, 0.3) is 0 Å². The Hall–Kier alpha value is -2.11. The first-order valence-corrected chi connectivity index (χ1v) is 11.8. The van der Waals surface area contributed by atoms with Crippen LogP contribution in [-0.4, -0.2) is 49.3 Å². The Morgan fingerprint density at radius 1 is 1.32 bits per heavy atom. The molecule has 1 aromatic carbocycles. The summed E-state index contributed by atoms with van der Waals surface area (Å²) >= 11 is 5.63. The largest absolute Gasteiger partial charge is 0.492 e. The normalized spacial score (nSPS) is 25.1. The second-order valence-corrected chi connectivity index (χ2v) is 9.12. The van der Waals surface area contributed by atoms with Crippen LogP contribution in [0.15, 0.2) is 53.7 Å². The van der Waals surface area contributed by atoms with Crippen LogP contribution >= 0.6 is 11.6 Å². The zero-order chi connectivity index (χ0) is 21.7. The van der Waals surface area contributed by atoms with Gasteiger partial charge in [-0.25, -0.2) is 4.99 Å². The number of carbonyl (C=O) groups excluding carboxylic acids is 1. The number of carbonyl (C=O) groups is 1. The van der Waals surface area contributed by atoms with Gasteiger partial charge in [-0.3, -0.25) is 4.79 Å². The summed E-state index contributed by atoms with van der Waals surface area (Å²) in [5.74, 6) is 1.79. The van der Waals surface area contributed by atoms with E-state index in [-0.39, 0.29) is 11.3 Å². The van der Waals surface area contributed by atoms with Crippen LogP contribution in [0.3, 0.4) is 0 Å². The molecule has 0 aliphatic carbocycles. The Morgan fingerprint density at radius 2 is 2.13 bits per heavy atom. The van der Waals surface area contributed by atoms with E-state index in [4.69, 9.17) is 16.3 Å². The minimum absolute atomic E-state index is 0.0736. The number of halogens is 1. The number of fused-ring (bicyclic) bond motifs is 2. The maximum Gasteiger partial charge on any atom is 0.227 e. The fourth-order valence-corrected chi connectivity index (χ4v) is 5.51. The quantitative estimate of drug-likeness (QED) is 0.507. The molecule has 6 heteroatoms. The molecule has 0 aromatic heterocycles. The number of likely N-dealkylation sites (tertiary alicyclic amines) is 1. The molecule has 166 valence electrons. The van der Waals surface area contributed by atoms with E-state index in [2.05, 4.69) is 40.0 Å². The van der Waals surface area contributed by atoms with Gasteiger partial charge in [0.05, 0.1) is 18.2 Å². The number of ether oxygens (including phenoxy) is 1. The monoisotopic (exact) mass is 441 g/mol. The molecule has 0 radical (unpaired) electrons. The molecular formula is C25H32ClN3O2. The first-order valence-electron chi connectivity index (χ1n) is 11.3. The number of nitrogens with zero attached hydrogens (tertiary/aromatic N) is 2. The van der Waals surface area contributed by atoms with E-state index in [9.17, 15) is 4.79 Å². The predicted octanol–water partition coefficient (Wildman–Crippen LogP) is 4.28. The Labute approximate surface area is 190 Å². The highest BCUT2D eigenvalue weighted by Crippen LogP contribution is 2.45. The topological polar surface area (TPSA) is 53.9 Å². The molecule has 1 amide bonds. The summed E-state index contributed by atoms with van der Waals surface area (Å²) in [6.45, 7) is 7.80. The van der Waals surface area contributed by atoms with Crippen LogP contribution in [0.2, 0.25) is 0 Å². The van der Waals surface area contributed by atoms with Crippen LogP contribution in [0.4, 0.5) is 0 Å². The van der Waals surface area contributed by atoms with Crippen molar-refractivity contribution in [3.63, 3.8) is 0 Å². The van der Waals surface area contributed by atoms with Crippen molar-refractivity contribution in [1.29, 1.82) is 0 Å².